The average molecular weight is 211 g/mol. The highest BCUT2D eigenvalue weighted by Crippen LogP contribution is 1.97. The van der Waals surface area contributed by atoms with Gasteiger partial charge in [-0.15, -0.1) is 10.2 Å². The third kappa shape index (κ3) is 3.60. The standard InChI is InChI=1S/C10H21N5/c1-8(7-14(3)4)11-6-10-13-12-9(2)15(10)5/h8,11H,6-7H2,1-5H3. The average Bonchev–Trinajstić information content (AvgIpc) is 2.44. The molecule has 0 aromatic carbocycles. The Hall–Kier alpha value is -0.940. The molecular weight excluding hydrogens is 190 g/mol. The van der Waals surface area contributed by atoms with Crippen molar-refractivity contribution < 1.29 is 0 Å². The summed E-state index contributed by atoms with van der Waals surface area (Å²) in [6, 6.07) is 0.456. The van der Waals surface area contributed by atoms with Gasteiger partial charge in [0.25, 0.3) is 0 Å². The van der Waals surface area contributed by atoms with Crippen LogP contribution in [0.5, 0.6) is 0 Å². The number of aryl methyl sites for hydroxylation is 1. The van der Waals surface area contributed by atoms with Crippen LogP contribution in [0.3, 0.4) is 0 Å². The van der Waals surface area contributed by atoms with E-state index in [4.69, 9.17) is 0 Å². The number of nitrogens with one attached hydrogen (secondary N) is 1. The summed E-state index contributed by atoms with van der Waals surface area (Å²) in [6.45, 7) is 5.92. The van der Waals surface area contributed by atoms with Crippen LogP contribution in [0.15, 0.2) is 0 Å². The van der Waals surface area contributed by atoms with Gasteiger partial charge in [0.2, 0.25) is 0 Å². The summed E-state index contributed by atoms with van der Waals surface area (Å²) in [6.07, 6.45) is 0. The molecule has 0 spiro atoms. The number of hydrogen-bond acceptors (Lipinski definition) is 4. The van der Waals surface area contributed by atoms with E-state index in [1.165, 1.54) is 0 Å². The van der Waals surface area contributed by atoms with E-state index in [1.807, 2.05) is 18.5 Å². The van der Waals surface area contributed by atoms with Gasteiger partial charge < -0.3 is 14.8 Å². The van der Waals surface area contributed by atoms with Crippen molar-refractivity contribution in [3.8, 4) is 0 Å². The van der Waals surface area contributed by atoms with Crippen LogP contribution in [-0.4, -0.2) is 46.3 Å². The number of hydrogen-bond donors (Lipinski definition) is 1. The van der Waals surface area contributed by atoms with E-state index in [0.717, 1.165) is 24.7 Å². The smallest absolute Gasteiger partial charge is 0.146 e. The van der Waals surface area contributed by atoms with Gasteiger partial charge in [0.15, 0.2) is 0 Å². The molecule has 86 valence electrons. The zero-order valence-electron chi connectivity index (χ0n) is 10.3. The second-order valence-electron chi connectivity index (χ2n) is 4.27. The Balaban J connectivity index is 2.40. The van der Waals surface area contributed by atoms with Crippen molar-refractivity contribution in [1.82, 2.24) is 25.0 Å². The number of nitrogens with zero attached hydrogens (tertiary/aromatic N) is 4. The van der Waals surface area contributed by atoms with Crippen molar-refractivity contribution in [3.05, 3.63) is 11.6 Å². The van der Waals surface area contributed by atoms with Crippen LogP contribution in [0.4, 0.5) is 0 Å². The summed E-state index contributed by atoms with van der Waals surface area (Å²) in [7, 11) is 6.14. The SMILES string of the molecule is Cc1nnc(CNC(C)CN(C)C)n1C. The summed E-state index contributed by atoms with van der Waals surface area (Å²) < 4.78 is 2.01. The lowest BCUT2D eigenvalue weighted by molar-refractivity contribution is 0.346. The van der Waals surface area contributed by atoms with Gasteiger partial charge >= 0.3 is 0 Å². The lowest BCUT2D eigenvalue weighted by Crippen LogP contribution is -2.35. The molecule has 0 fully saturated rings. The molecule has 0 saturated carbocycles. The molecule has 15 heavy (non-hydrogen) atoms. The molecule has 1 unspecified atom stereocenters. The summed E-state index contributed by atoms with van der Waals surface area (Å²) in [5.41, 5.74) is 0. The van der Waals surface area contributed by atoms with E-state index in [0.29, 0.717) is 6.04 Å². The molecule has 1 heterocycles. The predicted octanol–water partition coefficient (Wildman–Crippen LogP) is 0.163. The quantitative estimate of drug-likeness (QED) is 0.754. The minimum absolute atomic E-state index is 0.456. The minimum Gasteiger partial charge on any atom is -0.317 e. The van der Waals surface area contributed by atoms with Crippen LogP contribution < -0.4 is 5.32 Å². The Morgan fingerprint density at radius 1 is 1.40 bits per heavy atom. The Kier molecular flexibility index (Phi) is 4.23. The van der Waals surface area contributed by atoms with Crippen LogP contribution >= 0.6 is 0 Å². The van der Waals surface area contributed by atoms with Crippen molar-refractivity contribution in [1.29, 1.82) is 0 Å². The first-order chi connectivity index (χ1) is 7.00. The minimum atomic E-state index is 0.456. The van der Waals surface area contributed by atoms with Gasteiger partial charge in [-0.25, -0.2) is 0 Å². The molecule has 1 rings (SSSR count). The fourth-order valence-electron chi connectivity index (χ4n) is 1.48. The fourth-order valence-corrected chi connectivity index (χ4v) is 1.48. The molecule has 1 N–H and O–H groups in total. The van der Waals surface area contributed by atoms with Crippen molar-refractivity contribution in [2.24, 2.45) is 7.05 Å². The van der Waals surface area contributed by atoms with E-state index in [1.54, 1.807) is 0 Å². The number of rotatable bonds is 5. The van der Waals surface area contributed by atoms with Crippen LogP contribution in [0.2, 0.25) is 0 Å². The van der Waals surface area contributed by atoms with Gasteiger partial charge in [0.05, 0.1) is 6.54 Å². The predicted molar refractivity (Wildman–Crippen MR) is 60.6 cm³/mol. The monoisotopic (exact) mass is 211 g/mol. The maximum absolute atomic E-state index is 4.10. The number of likely N-dealkylation sites (N-methyl/N-ethyl adjacent to an activating group) is 1. The highest BCUT2D eigenvalue weighted by molar-refractivity contribution is 4.92. The molecule has 5 nitrogen and oxygen atoms in total. The van der Waals surface area contributed by atoms with Gasteiger partial charge in [-0.3, -0.25) is 0 Å². The van der Waals surface area contributed by atoms with Gasteiger partial charge in [0, 0.05) is 19.6 Å². The summed E-state index contributed by atoms with van der Waals surface area (Å²) in [5.74, 6) is 1.94. The van der Waals surface area contributed by atoms with Crippen LogP contribution in [0.25, 0.3) is 0 Å². The second-order valence-corrected chi connectivity index (χ2v) is 4.27. The first-order valence-corrected chi connectivity index (χ1v) is 5.23. The van der Waals surface area contributed by atoms with E-state index in [-0.39, 0.29) is 0 Å². The third-order valence-corrected chi connectivity index (χ3v) is 2.43. The first-order valence-electron chi connectivity index (χ1n) is 5.23. The van der Waals surface area contributed by atoms with Gasteiger partial charge in [-0.2, -0.15) is 0 Å². The molecule has 1 atom stereocenters. The highest BCUT2D eigenvalue weighted by Gasteiger charge is 2.07. The second kappa shape index (κ2) is 5.23. The lowest BCUT2D eigenvalue weighted by Gasteiger charge is -2.17. The summed E-state index contributed by atoms with van der Waals surface area (Å²) in [5, 5.41) is 11.5. The van der Waals surface area contributed by atoms with Gasteiger partial charge in [-0.05, 0) is 27.9 Å². The van der Waals surface area contributed by atoms with Crippen molar-refractivity contribution >= 4 is 0 Å². The molecule has 0 aliphatic heterocycles. The molecule has 0 aliphatic carbocycles. The maximum Gasteiger partial charge on any atom is 0.146 e. The molecule has 0 saturated heterocycles. The Morgan fingerprint density at radius 2 is 2.07 bits per heavy atom. The molecule has 1 aromatic heterocycles. The lowest BCUT2D eigenvalue weighted by atomic mass is 10.3. The van der Waals surface area contributed by atoms with Crippen molar-refractivity contribution in [3.63, 3.8) is 0 Å². The zero-order chi connectivity index (χ0) is 11.4. The molecule has 0 radical (unpaired) electrons. The first kappa shape index (κ1) is 12.1. The normalized spacial score (nSPS) is 13.5. The topological polar surface area (TPSA) is 46.0 Å². The van der Waals surface area contributed by atoms with E-state index >= 15 is 0 Å². The summed E-state index contributed by atoms with van der Waals surface area (Å²) in [4.78, 5) is 2.17. The molecule has 1 aromatic rings. The molecule has 0 amide bonds. The summed E-state index contributed by atoms with van der Waals surface area (Å²) >= 11 is 0. The van der Waals surface area contributed by atoms with Gasteiger partial charge in [-0.1, -0.05) is 0 Å². The zero-order valence-corrected chi connectivity index (χ0v) is 10.3. The maximum atomic E-state index is 4.10. The van der Waals surface area contributed by atoms with Gasteiger partial charge in [0.1, 0.15) is 11.6 Å². The van der Waals surface area contributed by atoms with Crippen LogP contribution in [0, 0.1) is 6.92 Å². The van der Waals surface area contributed by atoms with E-state index < -0.39 is 0 Å². The van der Waals surface area contributed by atoms with E-state index in [2.05, 4.69) is 41.4 Å². The largest absolute Gasteiger partial charge is 0.317 e. The Labute approximate surface area is 91.5 Å². The van der Waals surface area contributed by atoms with Crippen molar-refractivity contribution in [2.75, 3.05) is 20.6 Å². The molecular formula is C10H21N5. The van der Waals surface area contributed by atoms with Crippen LogP contribution in [-0.2, 0) is 13.6 Å². The Morgan fingerprint density at radius 3 is 2.53 bits per heavy atom. The Bertz CT molecular complexity index is 305. The molecule has 0 bridgehead atoms. The molecule has 5 heteroatoms. The van der Waals surface area contributed by atoms with E-state index in [9.17, 15) is 0 Å². The van der Waals surface area contributed by atoms with Crippen molar-refractivity contribution in [2.45, 2.75) is 26.4 Å². The fraction of sp³-hybridized carbons (Fsp3) is 0.800. The molecule has 0 aliphatic rings. The number of aromatic nitrogens is 3. The van der Waals surface area contributed by atoms with Crippen LogP contribution in [0.1, 0.15) is 18.6 Å². The highest BCUT2D eigenvalue weighted by atomic mass is 15.3. The third-order valence-electron chi connectivity index (χ3n) is 2.43.